The minimum atomic E-state index is -0.0247. The number of aryl methyl sites for hydroxylation is 1. The van der Waals surface area contributed by atoms with Crippen LogP contribution in [-0.4, -0.2) is 48.4 Å². The van der Waals surface area contributed by atoms with Crippen molar-refractivity contribution in [3.8, 4) is 11.5 Å². The smallest absolute Gasteiger partial charge is 0.210 e. The van der Waals surface area contributed by atoms with E-state index in [9.17, 15) is 4.79 Å². The fourth-order valence-electron chi connectivity index (χ4n) is 4.05. The second-order valence-electron chi connectivity index (χ2n) is 7.91. The Morgan fingerprint density at radius 2 is 1.77 bits per heavy atom. The molecule has 0 saturated heterocycles. The molecule has 3 rings (SSSR count). The maximum absolute atomic E-state index is 13.3. The van der Waals surface area contributed by atoms with E-state index in [1.165, 1.54) is 12.8 Å². The first-order valence-corrected chi connectivity index (χ1v) is 11.2. The number of hydrogen-bond acceptors (Lipinski definition) is 4. The first-order chi connectivity index (χ1) is 15.1. The summed E-state index contributed by atoms with van der Waals surface area (Å²) in [6, 6.07) is 13.4. The summed E-state index contributed by atoms with van der Waals surface area (Å²) in [5.41, 5.74) is 3.24. The van der Waals surface area contributed by atoms with E-state index < -0.39 is 0 Å². The van der Waals surface area contributed by atoms with Gasteiger partial charge in [0.25, 0.3) is 0 Å². The van der Waals surface area contributed by atoms with Gasteiger partial charge in [-0.05, 0) is 81.2 Å². The topological polar surface area (TPSA) is 43.2 Å². The minimum absolute atomic E-state index is 0.0247. The lowest BCUT2D eigenvalue weighted by Gasteiger charge is -2.21. The van der Waals surface area contributed by atoms with Crippen molar-refractivity contribution in [3.05, 3.63) is 65.5 Å². The first-order valence-electron chi connectivity index (χ1n) is 11.2. The highest BCUT2D eigenvalue weighted by molar-refractivity contribution is 6.10. The van der Waals surface area contributed by atoms with E-state index in [-0.39, 0.29) is 5.78 Å². The number of ether oxygens (including phenoxy) is 2. The van der Waals surface area contributed by atoms with E-state index in [2.05, 4.69) is 18.7 Å². The number of fused-ring (bicyclic) bond motifs is 1. The highest BCUT2D eigenvalue weighted by Crippen LogP contribution is 2.30. The zero-order valence-electron chi connectivity index (χ0n) is 19.2. The lowest BCUT2D eigenvalue weighted by atomic mass is 10.1. The van der Waals surface area contributed by atoms with Crippen LogP contribution in [0.3, 0.4) is 0 Å². The van der Waals surface area contributed by atoms with Gasteiger partial charge < -0.3 is 18.8 Å². The molecule has 3 aromatic rings. The number of pyridine rings is 1. The molecule has 0 bridgehead atoms. The lowest BCUT2D eigenvalue weighted by Crippen LogP contribution is -2.27. The zero-order chi connectivity index (χ0) is 22.2. The van der Waals surface area contributed by atoms with Gasteiger partial charge in [0.1, 0.15) is 0 Å². The predicted molar refractivity (Wildman–Crippen MR) is 126 cm³/mol. The average molecular weight is 423 g/mol. The van der Waals surface area contributed by atoms with Gasteiger partial charge in [0.2, 0.25) is 5.78 Å². The molecule has 0 saturated carbocycles. The minimum Gasteiger partial charge on any atom is -0.493 e. The fraction of sp³-hybridized carbons (Fsp3) is 0.423. The van der Waals surface area contributed by atoms with Crippen molar-refractivity contribution in [3.63, 3.8) is 0 Å². The van der Waals surface area contributed by atoms with E-state index >= 15 is 0 Å². The Balaban J connectivity index is 1.69. The number of nitrogens with zero attached hydrogens (tertiary/aromatic N) is 2. The van der Waals surface area contributed by atoms with E-state index in [0.717, 1.165) is 37.1 Å². The predicted octanol–water partition coefficient (Wildman–Crippen LogP) is 5.38. The third-order valence-electron chi connectivity index (χ3n) is 5.47. The third kappa shape index (κ3) is 5.47. The van der Waals surface area contributed by atoms with Crippen LogP contribution >= 0.6 is 0 Å². The maximum Gasteiger partial charge on any atom is 0.210 e. The highest BCUT2D eigenvalue weighted by atomic mass is 16.5. The Bertz CT molecular complexity index is 1000. The number of carbonyl (C=O) groups excluding carboxylic acids is 1. The molecule has 2 aromatic heterocycles. The van der Waals surface area contributed by atoms with Crippen molar-refractivity contribution in [1.29, 1.82) is 0 Å². The number of carbonyl (C=O) groups is 1. The number of hydrogen-bond donors (Lipinski definition) is 0. The van der Waals surface area contributed by atoms with Crippen molar-refractivity contribution in [2.45, 2.75) is 40.0 Å². The van der Waals surface area contributed by atoms with Crippen LogP contribution in [0.5, 0.6) is 11.5 Å². The summed E-state index contributed by atoms with van der Waals surface area (Å²) in [7, 11) is 1.61. The van der Waals surface area contributed by atoms with Crippen LogP contribution in [-0.2, 0) is 0 Å². The normalized spacial score (nSPS) is 11.3. The van der Waals surface area contributed by atoms with Gasteiger partial charge in [-0.15, -0.1) is 0 Å². The molecule has 0 aliphatic carbocycles. The number of rotatable bonds is 12. The Labute approximate surface area is 185 Å². The molecule has 5 nitrogen and oxygen atoms in total. The van der Waals surface area contributed by atoms with Crippen LogP contribution in [0.4, 0.5) is 0 Å². The highest BCUT2D eigenvalue weighted by Gasteiger charge is 2.18. The Kier molecular flexibility index (Phi) is 8.13. The van der Waals surface area contributed by atoms with Gasteiger partial charge in [0.05, 0.1) is 19.4 Å². The van der Waals surface area contributed by atoms with E-state index in [0.29, 0.717) is 29.4 Å². The summed E-state index contributed by atoms with van der Waals surface area (Å²) < 4.78 is 13.5. The van der Waals surface area contributed by atoms with Crippen LogP contribution < -0.4 is 9.47 Å². The Morgan fingerprint density at radius 1 is 1.00 bits per heavy atom. The molecule has 166 valence electrons. The maximum atomic E-state index is 13.3. The Hall–Kier alpha value is -2.79. The third-order valence-corrected chi connectivity index (χ3v) is 5.47. The van der Waals surface area contributed by atoms with Crippen molar-refractivity contribution in [2.75, 3.05) is 33.4 Å². The molecular formula is C26H34N2O3. The fourth-order valence-corrected chi connectivity index (χ4v) is 4.05. The molecule has 0 aliphatic heterocycles. The van der Waals surface area contributed by atoms with Crippen molar-refractivity contribution in [2.24, 2.45) is 0 Å². The monoisotopic (exact) mass is 422 g/mol. The molecule has 2 heterocycles. The van der Waals surface area contributed by atoms with Gasteiger partial charge >= 0.3 is 0 Å². The van der Waals surface area contributed by atoms with Crippen LogP contribution in [0.2, 0.25) is 0 Å². The SMILES string of the molecule is CCCN(CCC)CCCOc1ccc(C(=O)c2c(C)cc3ccccn23)cc1OC. The van der Waals surface area contributed by atoms with Crippen molar-refractivity contribution in [1.82, 2.24) is 9.30 Å². The molecule has 31 heavy (non-hydrogen) atoms. The molecule has 0 atom stereocenters. The second kappa shape index (κ2) is 11.0. The van der Waals surface area contributed by atoms with E-state index in [1.54, 1.807) is 13.2 Å². The quantitative estimate of drug-likeness (QED) is 0.290. The molecule has 1 aromatic carbocycles. The van der Waals surface area contributed by atoms with Crippen LogP contribution in [0, 0.1) is 6.92 Å². The van der Waals surface area contributed by atoms with Crippen LogP contribution in [0.15, 0.2) is 48.7 Å². The summed E-state index contributed by atoms with van der Waals surface area (Å²) in [6.07, 6.45) is 5.21. The molecule has 0 fully saturated rings. The van der Waals surface area contributed by atoms with Crippen molar-refractivity contribution >= 4 is 11.3 Å². The summed E-state index contributed by atoms with van der Waals surface area (Å²) in [6.45, 7) is 10.3. The largest absolute Gasteiger partial charge is 0.493 e. The number of aromatic nitrogens is 1. The molecular weight excluding hydrogens is 388 g/mol. The second-order valence-corrected chi connectivity index (χ2v) is 7.91. The van der Waals surface area contributed by atoms with Gasteiger partial charge in [0, 0.05) is 23.8 Å². The summed E-state index contributed by atoms with van der Waals surface area (Å²) in [4.78, 5) is 15.7. The lowest BCUT2D eigenvalue weighted by molar-refractivity contribution is 0.103. The molecule has 0 aliphatic rings. The number of methoxy groups -OCH3 is 1. The zero-order valence-corrected chi connectivity index (χ0v) is 19.2. The van der Waals surface area contributed by atoms with Gasteiger partial charge in [-0.1, -0.05) is 19.9 Å². The molecule has 5 heteroatoms. The first kappa shape index (κ1) is 22.9. The molecule has 0 amide bonds. The van der Waals surface area contributed by atoms with Gasteiger partial charge in [-0.2, -0.15) is 0 Å². The van der Waals surface area contributed by atoms with Crippen molar-refractivity contribution < 1.29 is 14.3 Å². The molecule has 0 unspecified atom stereocenters. The molecule has 0 spiro atoms. The standard InChI is InChI=1S/C26H34N2O3/c1-5-13-27(14-6-2)15-9-17-31-23-12-11-21(19-24(23)30-4)26(29)25-20(3)18-22-10-7-8-16-28(22)25/h7-8,10-12,16,18-19H,5-6,9,13-15,17H2,1-4H3. The Morgan fingerprint density at radius 3 is 2.48 bits per heavy atom. The molecule has 0 radical (unpaired) electrons. The van der Waals surface area contributed by atoms with E-state index in [1.807, 2.05) is 53.9 Å². The molecule has 0 N–H and O–H groups in total. The van der Waals surface area contributed by atoms with E-state index in [4.69, 9.17) is 9.47 Å². The van der Waals surface area contributed by atoms with Crippen LogP contribution in [0.25, 0.3) is 5.52 Å². The summed E-state index contributed by atoms with van der Waals surface area (Å²) in [5.74, 6) is 1.24. The van der Waals surface area contributed by atoms with Gasteiger partial charge in [-0.3, -0.25) is 4.79 Å². The average Bonchev–Trinajstić information content (AvgIpc) is 3.12. The summed E-state index contributed by atoms with van der Waals surface area (Å²) >= 11 is 0. The van der Waals surface area contributed by atoms with Gasteiger partial charge in [0.15, 0.2) is 11.5 Å². The van der Waals surface area contributed by atoms with Crippen LogP contribution in [0.1, 0.15) is 54.7 Å². The number of ketones is 1. The van der Waals surface area contributed by atoms with Gasteiger partial charge in [-0.25, -0.2) is 0 Å². The summed E-state index contributed by atoms with van der Waals surface area (Å²) in [5, 5.41) is 0. The number of benzene rings is 1.